The van der Waals surface area contributed by atoms with E-state index in [4.69, 9.17) is 4.74 Å². The number of amides is 3. The summed E-state index contributed by atoms with van der Waals surface area (Å²) >= 11 is 0. The van der Waals surface area contributed by atoms with Gasteiger partial charge in [0.2, 0.25) is 11.8 Å². The first-order valence-corrected chi connectivity index (χ1v) is 13.4. The molecule has 1 aromatic heterocycles. The average Bonchev–Trinajstić information content (AvgIpc) is 3.75. The Kier molecular flexibility index (Phi) is 7.69. The number of rotatable bonds is 7. The van der Waals surface area contributed by atoms with E-state index in [9.17, 15) is 14.4 Å². The highest BCUT2D eigenvalue weighted by Crippen LogP contribution is 2.42. The molecule has 3 amide bonds. The quantitative estimate of drug-likeness (QED) is 0.550. The highest BCUT2D eigenvalue weighted by Gasteiger charge is 2.40. The Hall–Kier alpha value is -3.46. The molecule has 1 atom stereocenters. The second-order valence-electron chi connectivity index (χ2n) is 10.2. The molecule has 2 N–H and O–H groups in total. The maximum atomic E-state index is 13.3. The summed E-state index contributed by atoms with van der Waals surface area (Å²) in [5.41, 5.74) is 2.21. The third-order valence-electron chi connectivity index (χ3n) is 7.42. The minimum absolute atomic E-state index is 0.0105. The maximum absolute atomic E-state index is 13.3. The fraction of sp³-hybridized carbons (Fsp3) is 0.500. The van der Waals surface area contributed by atoms with Gasteiger partial charge in [0.1, 0.15) is 12.3 Å². The molecule has 9 heteroatoms. The van der Waals surface area contributed by atoms with Gasteiger partial charge in [0, 0.05) is 30.5 Å². The van der Waals surface area contributed by atoms with Crippen LogP contribution in [0.3, 0.4) is 0 Å². The zero-order chi connectivity index (χ0) is 25.8. The lowest BCUT2D eigenvalue weighted by molar-refractivity contribution is -0.122. The van der Waals surface area contributed by atoms with Crippen molar-refractivity contribution >= 4 is 29.3 Å². The van der Waals surface area contributed by atoms with Crippen molar-refractivity contribution < 1.29 is 19.1 Å². The van der Waals surface area contributed by atoms with Gasteiger partial charge in [-0.15, -0.1) is 0 Å². The third-order valence-corrected chi connectivity index (χ3v) is 7.42. The van der Waals surface area contributed by atoms with Crippen LogP contribution in [-0.2, 0) is 9.59 Å². The summed E-state index contributed by atoms with van der Waals surface area (Å²) in [7, 11) is 0. The van der Waals surface area contributed by atoms with Crippen molar-refractivity contribution in [3.8, 4) is 5.75 Å². The summed E-state index contributed by atoms with van der Waals surface area (Å²) in [5, 5.41) is 6.24. The molecule has 2 aliphatic carbocycles. The Morgan fingerprint density at radius 2 is 1.76 bits per heavy atom. The van der Waals surface area contributed by atoms with Crippen LogP contribution in [0.4, 0.5) is 16.2 Å². The number of nitrogens with one attached hydrogen (secondary N) is 2. The first-order valence-electron chi connectivity index (χ1n) is 13.4. The van der Waals surface area contributed by atoms with E-state index in [2.05, 4.69) is 15.6 Å². The molecule has 37 heavy (non-hydrogen) atoms. The monoisotopic (exact) mass is 505 g/mol. The van der Waals surface area contributed by atoms with E-state index in [1.807, 2.05) is 19.1 Å². The van der Waals surface area contributed by atoms with Crippen molar-refractivity contribution in [3.05, 3.63) is 48.3 Å². The minimum atomic E-state index is -0.594. The highest BCUT2D eigenvalue weighted by atomic mass is 16.6. The number of nitrogens with zero attached hydrogens (tertiary/aromatic N) is 3. The topological polar surface area (TPSA) is 104 Å². The lowest BCUT2D eigenvalue weighted by Crippen LogP contribution is -2.51. The van der Waals surface area contributed by atoms with Gasteiger partial charge >= 0.3 is 6.09 Å². The summed E-state index contributed by atoms with van der Waals surface area (Å²) in [5.74, 6) is 0.0930. The lowest BCUT2D eigenvalue weighted by Gasteiger charge is -2.36. The third kappa shape index (κ3) is 6.10. The van der Waals surface area contributed by atoms with Crippen LogP contribution in [0.2, 0.25) is 0 Å². The van der Waals surface area contributed by atoms with Crippen LogP contribution in [-0.4, -0.2) is 48.1 Å². The van der Waals surface area contributed by atoms with Gasteiger partial charge in [-0.2, -0.15) is 0 Å². The summed E-state index contributed by atoms with van der Waals surface area (Å²) in [4.78, 5) is 46.3. The number of hydrogen-bond donors (Lipinski definition) is 2. The lowest BCUT2D eigenvalue weighted by atomic mass is 10.1. The Bertz CT molecular complexity index is 1130. The second-order valence-corrected chi connectivity index (χ2v) is 10.2. The van der Waals surface area contributed by atoms with Gasteiger partial charge in [0.05, 0.1) is 24.0 Å². The van der Waals surface area contributed by atoms with Crippen molar-refractivity contribution in [2.75, 3.05) is 22.9 Å². The molecule has 3 aliphatic rings. The number of carbonyl (C=O) groups excluding carboxylic acids is 3. The number of ether oxygens (including phenoxy) is 1. The van der Waals surface area contributed by atoms with Crippen LogP contribution in [0.1, 0.15) is 69.9 Å². The van der Waals surface area contributed by atoms with Crippen LogP contribution in [0.5, 0.6) is 5.75 Å². The van der Waals surface area contributed by atoms with E-state index in [0.29, 0.717) is 23.2 Å². The molecule has 2 aromatic rings. The van der Waals surface area contributed by atoms with E-state index in [0.717, 1.165) is 31.2 Å². The molecular formula is C28H35N5O4. The van der Waals surface area contributed by atoms with Gasteiger partial charge < -0.3 is 20.3 Å². The smallest absolute Gasteiger partial charge is 0.410 e. The zero-order valence-electron chi connectivity index (χ0n) is 21.3. The highest BCUT2D eigenvalue weighted by molar-refractivity contribution is 6.12. The van der Waals surface area contributed by atoms with E-state index < -0.39 is 6.09 Å². The zero-order valence-corrected chi connectivity index (χ0v) is 21.3. The number of fused-ring (bicyclic) bond motifs is 1. The Labute approximate surface area is 217 Å². The predicted molar refractivity (Wildman–Crippen MR) is 141 cm³/mol. The fourth-order valence-corrected chi connectivity index (χ4v) is 5.23. The van der Waals surface area contributed by atoms with Gasteiger partial charge in [0.25, 0.3) is 0 Å². The van der Waals surface area contributed by atoms with Gasteiger partial charge in [-0.3, -0.25) is 19.5 Å². The molecular weight excluding hydrogens is 470 g/mol. The molecule has 1 aromatic carbocycles. The summed E-state index contributed by atoms with van der Waals surface area (Å²) in [6.07, 6.45) is 11.6. The Balaban J connectivity index is 1.31. The van der Waals surface area contributed by atoms with E-state index in [1.165, 1.54) is 30.6 Å². The van der Waals surface area contributed by atoms with Crippen LogP contribution in [0, 0.1) is 0 Å². The van der Waals surface area contributed by atoms with Gasteiger partial charge in [-0.1, -0.05) is 25.7 Å². The first-order chi connectivity index (χ1) is 18.0. The van der Waals surface area contributed by atoms with Crippen LogP contribution in [0.25, 0.3) is 0 Å². The number of carbonyl (C=O) groups is 3. The van der Waals surface area contributed by atoms with Crippen LogP contribution in [0.15, 0.2) is 42.7 Å². The second kappa shape index (κ2) is 11.3. The van der Waals surface area contributed by atoms with Gasteiger partial charge in [0.15, 0.2) is 0 Å². The molecule has 0 spiro atoms. The molecule has 196 valence electrons. The van der Waals surface area contributed by atoms with E-state index in [1.54, 1.807) is 35.5 Å². The number of anilines is 2. The van der Waals surface area contributed by atoms with Crippen molar-refractivity contribution in [1.82, 2.24) is 15.6 Å². The average molecular weight is 506 g/mol. The molecule has 2 fully saturated rings. The minimum Gasteiger partial charge on any atom is -0.410 e. The van der Waals surface area contributed by atoms with Crippen molar-refractivity contribution in [1.29, 1.82) is 0 Å². The number of pyridine rings is 1. The van der Waals surface area contributed by atoms with Crippen molar-refractivity contribution in [2.24, 2.45) is 0 Å². The van der Waals surface area contributed by atoms with Crippen molar-refractivity contribution in [3.63, 3.8) is 0 Å². The first kappa shape index (κ1) is 25.2. The summed E-state index contributed by atoms with van der Waals surface area (Å²) in [6, 6.07) is 9.05. The standard InChI is InChI=1S/C28H35N5O4/c1-19(20-12-14-29-15-13-20)31-28(36)37-23-10-11-24-25(16-23)32(18-27(35)33(24)22-8-9-22)26(34)17-30-21-6-4-2-3-5-7-21/h10-16,19,21-22,30H,2-9,17-18H2,1H3,(H,31,36). The normalized spacial score (nSPS) is 19.1. The molecule has 2 heterocycles. The molecule has 0 radical (unpaired) electrons. The number of hydrogen-bond acceptors (Lipinski definition) is 6. The molecule has 1 aliphatic heterocycles. The van der Waals surface area contributed by atoms with Crippen LogP contribution < -0.4 is 25.2 Å². The summed E-state index contributed by atoms with van der Waals surface area (Å²) < 4.78 is 5.59. The van der Waals surface area contributed by atoms with Crippen LogP contribution >= 0.6 is 0 Å². The predicted octanol–water partition coefficient (Wildman–Crippen LogP) is 4.09. The van der Waals surface area contributed by atoms with Gasteiger partial charge in [-0.05, 0) is 62.4 Å². The van der Waals surface area contributed by atoms with Crippen molar-refractivity contribution in [2.45, 2.75) is 76.4 Å². The molecule has 1 unspecified atom stereocenters. The molecule has 5 rings (SSSR count). The largest absolute Gasteiger partial charge is 0.413 e. The molecule has 0 bridgehead atoms. The number of benzene rings is 1. The molecule has 2 saturated carbocycles. The van der Waals surface area contributed by atoms with E-state index in [-0.39, 0.29) is 37.0 Å². The maximum Gasteiger partial charge on any atom is 0.413 e. The molecule has 0 saturated heterocycles. The van der Waals surface area contributed by atoms with Gasteiger partial charge in [-0.25, -0.2) is 4.79 Å². The van der Waals surface area contributed by atoms with E-state index >= 15 is 0 Å². The molecule has 9 nitrogen and oxygen atoms in total. The Morgan fingerprint density at radius 1 is 1.03 bits per heavy atom. The summed E-state index contributed by atoms with van der Waals surface area (Å²) in [6.45, 7) is 2.03. The SMILES string of the molecule is CC(NC(=O)Oc1ccc2c(c1)N(C(=O)CNC1CCCCCC1)CC(=O)N2C1CC1)c1ccncc1. The Morgan fingerprint density at radius 3 is 2.46 bits per heavy atom. The fourth-order valence-electron chi connectivity index (χ4n) is 5.23. The number of aromatic nitrogens is 1.